The molecule has 2 N–H and O–H groups in total. The summed E-state index contributed by atoms with van der Waals surface area (Å²) in [7, 11) is 5.97. The van der Waals surface area contributed by atoms with Gasteiger partial charge in [-0.2, -0.15) is 0 Å². The third-order valence-corrected chi connectivity index (χ3v) is 4.42. The van der Waals surface area contributed by atoms with Crippen molar-refractivity contribution < 1.29 is 4.74 Å². The van der Waals surface area contributed by atoms with Crippen molar-refractivity contribution >= 4 is 29.9 Å². The summed E-state index contributed by atoms with van der Waals surface area (Å²) >= 11 is 0. The first-order valence-electron chi connectivity index (χ1n) is 9.92. The van der Waals surface area contributed by atoms with Crippen LogP contribution in [-0.4, -0.2) is 45.2 Å². The van der Waals surface area contributed by atoms with Crippen LogP contribution >= 0.6 is 24.0 Å². The maximum atomic E-state index is 5.91. The molecule has 0 bridgehead atoms. The number of hydrogen-bond acceptors (Lipinski definition) is 3. The Morgan fingerprint density at radius 1 is 1.03 bits per heavy atom. The third-order valence-electron chi connectivity index (χ3n) is 4.42. The quantitative estimate of drug-likeness (QED) is 0.218. The molecule has 0 aliphatic rings. The van der Waals surface area contributed by atoms with Gasteiger partial charge < -0.3 is 20.3 Å². The first-order valence-corrected chi connectivity index (χ1v) is 9.92. The Morgan fingerprint density at radius 3 is 2.45 bits per heavy atom. The van der Waals surface area contributed by atoms with Crippen molar-refractivity contribution in [3.8, 4) is 0 Å². The Balaban J connectivity index is 0.00000420. The van der Waals surface area contributed by atoms with Gasteiger partial charge in [0, 0.05) is 33.3 Å². The summed E-state index contributed by atoms with van der Waals surface area (Å²) in [5, 5.41) is 6.73. The van der Waals surface area contributed by atoms with E-state index >= 15 is 0 Å². The molecule has 0 aliphatic carbocycles. The van der Waals surface area contributed by atoms with Crippen LogP contribution in [0.25, 0.3) is 0 Å². The predicted molar refractivity (Wildman–Crippen MR) is 133 cm³/mol. The van der Waals surface area contributed by atoms with Crippen LogP contribution in [0.5, 0.6) is 0 Å². The van der Waals surface area contributed by atoms with Crippen LogP contribution < -0.4 is 10.6 Å². The summed E-state index contributed by atoms with van der Waals surface area (Å²) in [5.74, 6) is 0.814. The van der Waals surface area contributed by atoms with E-state index in [9.17, 15) is 0 Å². The van der Waals surface area contributed by atoms with E-state index < -0.39 is 0 Å². The lowest BCUT2D eigenvalue weighted by Crippen LogP contribution is -2.37. The summed E-state index contributed by atoms with van der Waals surface area (Å²) in [5.41, 5.74) is 3.78. The number of halogens is 1. The molecule has 0 spiro atoms. The lowest BCUT2D eigenvalue weighted by atomic mass is 10.1. The minimum Gasteiger partial charge on any atom is -0.374 e. The molecule has 0 aliphatic heterocycles. The van der Waals surface area contributed by atoms with Crippen molar-refractivity contribution in [3.05, 3.63) is 71.3 Å². The molecule has 0 saturated carbocycles. The second-order valence-electron chi connectivity index (χ2n) is 7.19. The number of hydrogen-bond donors (Lipinski definition) is 2. The number of ether oxygens (including phenoxy) is 1. The van der Waals surface area contributed by atoms with E-state index in [-0.39, 0.29) is 30.1 Å². The van der Waals surface area contributed by atoms with E-state index in [1.807, 2.05) is 18.2 Å². The molecule has 1 atom stereocenters. The number of nitrogens with one attached hydrogen (secondary N) is 2. The molecule has 29 heavy (non-hydrogen) atoms. The van der Waals surface area contributed by atoms with E-state index in [0.717, 1.165) is 32.0 Å². The second-order valence-corrected chi connectivity index (χ2v) is 7.19. The fourth-order valence-corrected chi connectivity index (χ4v) is 2.97. The SMILES string of the molecule is CN=C(NCCCOC(C)c1ccccc1)NCc1cccc(CN(C)C)c1.I. The maximum Gasteiger partial charge on any atom is 0.191 e. The minimum atomic E-state index is 0. The lowest BCUT2D eigenvalue weighted by Gasteiger charge is -2.15. The molecule has 6 heteroatoms. The van der Waals surface area contributed by atoms with Crippen LogP contribution in [0, 0.1) is 0 Å². The van der Waals surface area contributed by atoms with Crippen LogP contribution in [-0.2, 0) is 17.8 Å². The molecular formula is C23H35IN4O. The van der Waals surface area contributed by atoms with Gasteiger partial charge in [-0.15, -0.1) is 24.0 Å². The van der Waals surface area contributed by atoms with Crippen molar-refractivity contribution in [2.45, 2.75) is 32.5 Å². The van der Waals surface area contributed by atoms with Gasteiger partial charge in [0.15, 0.2) is 5.96 Å². The molecular weight excluding hydrogens is 475 g/mol. The molecule has 2 aromatic rings. The molecule has 0 fully saturated rings. The first kappa shape index (κ1) is 25.4. The molecule has 5 nitrogen and oxygen atoms in total. The third kappa shape index (κ3) is 10.1. The number of benzene rings is 2. The van der Waals surface area contributed by atoms with Gasteiger partial charge in [-0.3, -0.25) is 4.99 Å². The van der Waals surface area contributed by atoms with E-state index in [2.05, 4.69) is 77.9 Å². The number of nitrogens with zero attached hydrogens (tertiary/aromatic N) is 2. The van der Waals surface area contributed by atoms with Crippen molar-refractivity contribution in [3.63, 3.8) is 0 Å². The summed E-state index contributed by atoms with van der Waals surface area (Å²) in [6.45, 7) is 5.33. The molecule has 0 radical (unpaired) electrons. The summed E-state index contributed by atoms with van der Waals surface area (Å²) in [6.07, 6.45) is 1.05. The summed E-state index contributed by atoms with van der Waals surface area (Å²) in [6, 6.07) is 19.0. The Bertz CT molecular complexity index is 722. The number of rotatable bonds is 10. The van der Waals surface area contributed by atoms with Gasteiger partial charge in [0.05, 0.1) is 6.10 Å². The standard InChI is InChI=1S/C23H34N4O.HI/c1-19(22-12-6-5-7-13-22)28-15-9-14-25-23(24-2)26-17-20-10-8-11-21(16-20)18-27(3)4;/h5-8,10-13,16,19H,9,14-15,17-18H2,1-4H3,(H2,24,25,26);1H. The average Bonchev–Trinajstić information content (AvgIpc) is 2.70. The number of guanidine groups is 1. The zero-order valence-corrected chi connectivity index (χ0v) is 20.4. The van der Waals surface area contributed by atoms with Crippen LogP contribution in [0.3, 0.4) is 0 Å². The maximum absolute atomic E-state index is 5.91. The van der Waals surface area contributed by atoms with E-state index in [1.54, 1.807) is 7.05 Å². The van der Waals surface area contributed by atoms with Gasteiger partial charge in [-0.1, -0.05) is 54.6 Å². The molecule has 2 rings (SSSR count). The van der Waals surface area contributed by atoms with Crippen molar-refractivity contribution in [2.24, 2.45) is 4.99 Å². The highest BCUT2D eigenvalue weighted by Gasteiger charge is 2.05. The summed E-state index contributed by atoms with van der Waals surface area (Å²) < 4.78 is 5.91. The molecule has 0 saturated heterocycles. The van der Waals surface area contributed by atoms with Gasteiger partial charge in [0.1, 0.15) is 0 Å². The zero-order valence-electron chi connectivity index (χ0n) is 18.0. The topological polar surface area (TPSA) is 48.9 Å². The fraction of sp³-hybridized carbons (Fsp3) is 0.435. The Hall–Kier alpha value is -1.64. The molecule has 2 aromatic carbocycles. The highest BCUT2D eigenvalue weighted by Crippen LogP contribution is 2.15. The van der Waals surface area contributed by atoms with Gasteiger partial charge in [0.25, 0.3) is 0 Å². The Morgan fingerprint density at radius 2 is 1.76 bits per heavy atom. The number of aliphatic imine (C=N–C) groups is 1. The monoisotopic (exact) mass is 510 g/mol. The molecule has 1 unspecified atom stereocenters. The molecule has 0 aromatic heterocycles. The second kappa shape index (κ2) is 14.4. The smallest absolute Gasteiger partial charge is 0.191 e. The first-order chi connectivity index (χ1) is 13.6. The Labute approximate surface area is 193 Å². The lowest BCUT2D eigenvalue weighted by molar-refractivity contribution is 0.0646. The van der Waals surface area contributed by atoms with E-state index in [0.29, 0.717) is 6.61 Å². The van der Waals surface area contributed by atoms with E-state index in [1.165, 1.54) is 16.7 Å². The van der Waals surface area contributed by atoms with Crippen LogP contribution in [0.15, 0.2) is 59.6 Å². The van der Waals surface area contributed by atoms with Gasteiger partial charge >= 0.3 is 0 Å². The largest absolute Gasteiger partial charge is 0.374 e. The average molecular weight is 510 g/mol. The normalized spacial score (nSPS) is 12.4. The Kier molecular flexibility index (Phi) is 12.6. The molecule has 0 amide bonds. The molecule has 0 heterocycles. The highest BCUT2D eigenvalue weighted by atomic mass is 127. The van der Waals surface area contributed by atoms with Crippen molar-refractivity contribution in [1.29, 1.82) is 0 Å². The van der Waals surface area contributed by atoms with Crippen LogP contribution in [0.4, 0.5) is 0 Å². The van der Waals surface area contributed by atoms with Gasteiger partial charge in [0.2, 0.25) is 0 Å². The van der Waals surface area contributed by atoms with E-state index in [4.69, 9.17) is 4.74 Å². The van der Waals surface area contributed by atoms with Crippen molar-refractivity contribution in [1.82, 2.24) is 15.5 Å². The minimum absolute atomic E-state index is 0. The molecule has 160 valence electrons. The van der Waals surface area contributed by atoms with Crippen molar-refractivity contribution in [2.75, 3.05) is 34.3 Å². The fourth-order valence-electron chi connectivity index (χ4n) is 2.97. The predicted octanol–water partition coefficient (Wildman–Crippen LogP) is 4.20. The van der Waals surface area contributed by atoms with Crippen LogP contribution in [0.2, 0.25) is 0 Å². The highest BCUT2D eigenvalue weighted by molar-refractivity contribution is 14.0. The van der Waals surface area contributed by atoms with Gasteiger partial charge in [-0.25, -0.2) is 0 Å². The summed E-state index contributed by atoms with van der Waals surface area (Å²) in [4.78, 5) is 6.47. The zero-order chi connectivity index (χ0) is 20.2. The van der Waals surface area contributed by atoms with Gasteiger partial charge in [-0.05, 0) is 44.1 Å². The van der Waals surface area contributed by atoms with Crippen LogP contribution in [0.1, 0.15) is 36.1 Å².